The quantitative estimate of drug-likeness (QED) is 0.807. The minimum atomic E-state index is -0.509. The number of aliphatic hydroxyl groups excluding tert-OH is 1. The Morgan fingerprint density at radius 3 is 2.25 bits per heavy atom. The molecular formula is C21H27NO2. The van der Waals surface area contributed by atoms with E-state index < -0.39 is 5.92 Å². The molecule has 24 heavy (non-hydrogen) atoms. The topological polar surface area (TPSA) is 53.1 Å². The lowest BCUT2D eigenvalue weighted by atomic mass is 9.74. The SMILES string of the molecule is CCC1=C(C)CC(C2=C(O)C(c3[nH]c(C)c(CC)c3C)C2=O)=C1C. The van der Waals surface area contributed by atoms with E-state index in [2.05, 4.69) is 32.7 Å². The van der Waals surface area contributed by atoms with Gasteiger partial charge in [0.25, 0.3) is 0 Å². The second kappa shape index (κ2) is 5.80. The van der Waals surface area contributed by atoms with E-state index in [1.165, 1.54) is 22.3 Å². The number of aryl methyl sites for hydroxylation is 1. The molecule has 0 radical (unpaired) electrons. The minimum absolute atomic E-state index is 0.0546. The maximum atomic E-state index is 12.9. The maximum Gasteiger partial charge on any atom is 0.183 e. The van der Waals surface area contributed by atoms with Gasteiger partial charge in [-0.3, -0.25) is 4.79 Å². The van der Waals surface area contributed by atoms with Crippen molar-refractivity contribution in [1.82, 2.24) is 4.98 Å². The number of aliphatic hydroxyl groups is 1. The highest BCUT2D eigenvalue weighted by atomic mass is 16.3. The van der Waals surface area contributed by atoms with Gasteiger partial charge in [-0.1, -0.05) is 19.4 Å². The predicted molar refractivity (Wildman–Crippen MR) is 97.4 cm³/mol. The van der Waals surface area contributed by atoms with E-state index in [1.807, 2.05) is 13.8 Å². The van der Waals surface area contributed by atoms with Gasteiger partial charge >= 0.3 is 0 Å². The summed E-state index contributed by atoms with van der Waals surface area (Å²) in [4.78, 5) is 16.2. The van der Waals surface area contributed by atoms with Gasteiger partial charge < -0.3 is 10.1 Å². The molecule has 2 aliphatic carbocycles. The predicted octanol–water partition coefficient (Wildman–Crippen LogP) is 5.12. The lowest BCUT2D eigenvalue weighted by molar-refractivity contribution is -0.119. The summed E-state index contributed by atoms with van der Waals surface area (Å²) in [7, 11) is 0. The van der Waals surface area contributed by atoms with Gasteiger partial charge in [0.2, 0.25) is 0 Å². The third-order valence-electron chi connectivity index (χ3n) is 5.83. The molecule has 0 fully saturated rings. The second-order valence-corrected chi connectivity index (χ2v) is 7.07. The first-order valence-electron chi connectivity index (χ1n) is 8.87. The summed E-state index contributed by atoms with van der Waals surface area (Å²) < 4.78 is 0. The molecule has 0 aromatic carbocycles. The van der Waals surface area contributed by atoms with Crippen molar-refractivity contribution in [3.05, 3.63) is 56.1 Å². The summed E-state index contributed by atoms with van der Waals surface area (Å²) in [5.74, 6) is -0.212. The van der Waals surface area contributed by atoms with Crippen LogP contribution in [-0.2, 0) is 11.2 Å². The summed E-state index contributed by atoms with van der Waals surface area (Å²) in [6.45, 7) is 12.5. The number of allylic oxidation sites excluding steroid dienone is 6. The van der Waals surface area contributed by atoms with Crippen LogP contribution in [0.1, 0.15) is 69.0 Å². The molecule has 2 aliphatic rings. The molecule has 1 aromatic rings. The van der Waals surface area contributed by atoms with Crippen LogP contribution in [0, 0.1) is 13.8 Å². The van der Waals surface area contributed by atoms with E-state index in [0.717, 1.165) is 41.8 Å². The highest BCUT2D eigenvalue weighted by Crippen LogP contribution is 2.48. The molecule has 0 saturated heterocycles. The van der Waals surface area contributed by atoms with Crippen LogP contribution in [0.25, 0.3) is 0 Å². The van der Waals surface area contributed by atoms with Crippen molar-refractivity contribution in [2.75, 3.05) is 0 Å². The smallest absolute Gasteiger partial charge is 0.183 e. The van der Waals surface area contributed by atoms with Crippen LogP contribution < -0.4 is 0 Å². The Hall–Kier alpha value is -2.03. The number of carbonyl (C=O) groups is 1. The van der Waals surface area contributed by atoms with E-state index >= 15 is 0 Å². The van der Waals surface area contributed by atoms with Crippen LogP contribution in [0.3, 0.4) is 0 Å². The van der Waals surface area contributed by atoms with E-state index in [-0.39, 0.29) is 11.5 Å². The summed E-state index contributed by atoms with van der Waals surface area (Å²) in [6.07, 6.45) is 2.69. The second-order valence-electron chi connectivity index (χ2n) is 7.07. The normalized spacial score (nSPS) is 21.2. The number of hydrogen-bond donors (Lipinski definition) is 2. The molecule has 2 N–H and O–H groups in total. The van der Waals surface area contributed by atoms with Gasteiger partial charge in [-0.15, -0.1) is 0 Å². The van der Waals surface area contributed by atoms with Crippen LogP contribution in [0.4, 0.5) is 0 Å². The molecule has 0 amide bonds. The van der Waals surface area contributed by atoms with Gasteiger partial charge in [-0.25, -0.2) is 0 Å². The molecular weight excluding hydrogens is 298 g/mol. The molecule has 3 rings (SSSR count). The lowest BCUT2D eigenvalue weighted by Gasteiger charge is -2.29. The highest BCUT2D eigenvalue weighted by Gasteiger charge is 2.45. The fraction of sp³-hybridized carbons (Fsp3) is 0.476. The number of aromatic nitrogens is 1. The van der Waals surface area contributed by atoms with Crippen LogP contribution in [0.15, 0.2) is 33.6 Å². The Kier molecular flexibility index (Phi) is 4.06. The van der Waals surface area contributed by atoms with E-state index in [4.69, 9.17) is 0 Å². The molecule has 0 saturated carbocycles. The fourth-order valence-electron chi connectivity index (χ4n) is 4.52. The Bertz CT molecular complexity index is 830. The Labute approximate surface area is 144 Å². The number of carbonyl (C=O) groups excluding carboxylic acids is 1. The fourth-order valence-corrected chi connectivity index (χ4v) is 4.52. The van der Waals surface area contributed by atoms with Crippen LogP contribution in [0.2, 0.25) is 0 Å². The zero-order valence-corrected chi connectivity index (χ0v) is 15.6. The molecule has 0 bridgehead atoms. The lowest BCUT2D eigenvalue weighted by Crippen LogP contribution is -2.31. The van der Waals surface area contributed by atoms with Crippen molar-refractivity contribution in [1.29, 1.82) is 0 Å². The zero-order chi connectivity index (χ0) is 17.8. The molecule has 1 aromatic heterocycles. The van der Waals surface area contributed by atoms with Gasteiger partial charge in [0, 0.05) is 11.4 Å². The third-order valence-corrected chi connectivity index (χ3v) is 5.83. The Morgan fingerprint density at radius 2 is 1.79 bits per heavy atom. The number of hydrogen-bond acceptors (Lipinski definition) is 2. The van der Waals surface area contributed by atoms with Gasteiger partial charge in [0.05, 0.1) is 5.57 Å². The van der Waals surface area contributed by atoms with Crippen molar-refractivity contribution < 1.29 is 9.90 Å². The summed E-state index contributed by atoms with van der Waals surface area (Å²) in [5.41, 5.74) is 9.75. The summed E-state index contributed by atoms with van der Waals surface area (Å²) in [5, 5.41) is 10.7. The molecule has 1 atom stereocenters. The van der Waals surface area contributed by atoms with E-state index in [9.17, 15) is 9.90 Å². The number of H-pyrrole nitrogens is 1. The average Bonchev–Trinajstić information content (AvgIpc) is 2.96. The van der Waals surface area contributed by atoms with Crippen LogP contribution in [0.5, 0.6) is 0 Å². The van der Waals surface area contributed by atoms with E-state index in [1.54, 1.807) is 0 Å². The van der Waals surface area contributed by atoms with Crippen molar-refractivity contribution in [3.63, 3.8) is 0 Å². The van der Waals surface area contributed by atoms with E-state index in [0.29, 0.717) is 5.57 Å². The third kappa shape index (κ3) is 2.14. The standard InChI is InChI=1S/C21H27NO2/c1-7-14-10(3)9-16(11(14)4)17-20(23)18(21(17)24)19-12(5)15(8-2)13(6)22-19/h18,22-23H,7-9H2,1-6H3. The average molecular weight is 325 g/mol. The number of ketones is 1. The Balaban J connectivity index is 2.01. The van der Waals surface area contributed by atoms with Crippen molar-refractivity contribution >= 4 is 5.78 Å². The molecule has 0 aliphatic heterocycles. The van der Waals surface area contributed by atoms with Gasteiger partial charge in [0.15, 0.2) is 5.78 Å². The molecule has 3 heteroatoms. The van der Waals surface area contributed by atoms with Crippen molar-refractivity contribution in [3.8, 4) is 0 Å². The van der Waals surface area contributed by atoms with Gasteiger partial charge in [-0.05, 0) is 74.8 Å². The zero-order valence-electron chi connectivity index (χ0n) is 15.6. The highest BCUT2D eigenvalue weighted by molar-refractivity contribution is 6.13. The Morgan fingerprint density at radius 1 is 1.12 bits per heavy atom. The first-order valence-corrected chi connectivity index (χ1v) is 8.87. The number of rotatable bonds is 4. The van der Waals surface area contributed by atoms with Crippen LogP contribution in [-0.4, -0.2) is 15.9 Å². The largest absolute Gasteiger partial charge is 0.510 e. The van der Waals surface area contributed by atoms with Crippen molar-refractivity contribution in [2.45, 2.75) is 66.7 Å². The summed E-state index contributed by atoms with van der Waals surface area (Å²) in [6, 6.07) is 0. The molecule has 0 spiro atoms. The monoisotopic (exact) mass is 325 g/mol. The van der Waals surface area contributed by atoms with Crippen molar-refractivity contribution in [2.24, 2.45) is 0 Å². The number of nitrogens with one attached hydrogen (secondary N) is 1. The summed E-state index contributed by atoms with van der Waals surface area (Å²) >= 11 is 0. The minimum Gasteiger partial charge on any atom is -0.510 e. The molecule has 1 heterocycles. The number of Topliss-reactive ketones (excluding diaryl/α,β-unsaturated/α-hetero) is 1. The van der Waals surface area contributed by atoms with Gasteiger partial charge in [0.1, 0.15) is 11.7 Å². The van der Waals surface area contributed by atoms with Gasteiger partial charge in [-0.2, -0.15) is 0 Å². The molecule has 1 unspecified atom stereocenters. The first-order chi connectivity index (χ1) is 11.3. The van der Waals surface area contributed by atoms with Crippen LogP contribution >= 0.6 is 0 Å². The first kappa shape index (κ1) is 16.8. The molecule has 3 nitrogen and oxygen atoms in total. The number of aromatic amines is 1. The molecule has 128 valence electrons. The maximum absolute atomic E-state index is 12.9.